The van der Waals surface area contributed by atoms with Gasteiger partial charge in [-0.3, -0.25) is 9.59 Å². The van der Waals surface area contributed by atoms with Gasteiger partial charge in [-0.05, 0) is 48.7 Å². The summed E-state index contributed by atoms with van der Waals surface area (Å²) in [6.07, 6.45) is 1.49. The summed E-state index contributed by atoms with van der Waals surface area (Å²) in [4.78, 5) is 25.6. The van der Waals surface area contributed by atoms with Gasteiger partial charge in [-0.2, -0.15) is 0 Å². The Bertz CT molecular complexity index is 1100. The number of hydrogen-bond donors (Lipinski definition) is 1. The Morgan fingerprint density at radius 1 is 1.00 bits per heavy atom. The average molecular weight is 436 g/mol. The highest BCUT2D eigenvalue weighted by molar-refractivity contribution is 6.42. The first-order chi connectivity index (χ1) is 13.3. The van der Waals surface area contributed by atoms with Crippen LogP contribution in [0.25, 0.3) is 0 Å². The number of nitrogens with one attached hydrogen (secondary N) is 1. The van der Waals surface area contributed by atoms with E-state index in [1.807, 2.05) is 32.0 Å². The lowest BCUT2D eigenvalue weighted by atomic mass is 10.1. The molecule has 1 N–H and O–H groups in total. The number of benzene rings is 2. The van der Waals surface area contributed by atoms with Crippen LogP contribution in [0.5, 0.6) is 0 Å². The lowest BCUT2D eigenvalue weighted by Gasteiger charge is -2.13. The van der Waals surface area contributed by atoms with Crippen molar-refractivity contribution in [2.45, 2.75) is 20.4 Å². The van der Waals surface area contributed by atoms with Gasteiger partial charge in [0, 0.05) is 11.9 Å². The molecule has 0 aliphatic carbocycles. The Labute approximate surface area is 177 Å². The third-order valence-electron chi connectivity index (χ3n) is 4.35. The van der Waals surface area contributed by atoms with Gasteiger partial charge < -0.3 is 9.88 Å². The largest absolute Gasteiger partial charge is 0.321 e. The van der Waals surface area contributed by atoms with Gasteiger partial charge in [0.25, 0.3) is 11.5 Å². The highest BCUT2D eigenvalue weighted by Gasteiger charge is 2.16. The molecule has 0 atom stereocenters. The molecule has 0 aliphatic heterocycles. The number of pyridine rings is 1. The minimum atomic E-state index is -0.507. The number of nitrogens with zero attached hydrogens (tertiary/aromatic N) is 1. The molecule has 0 radical (unpaired) electrons. The van der Waals surface area contributed by atoms with E-state index in [0.29, 0.717) is 15.7 Å². The number of para-hydroxylation sites is 1. The number of aromatic nitrogens is 1. The summed E-state index contributed by atoms with van der Waals surface area (Å²) in [6, 6.07) is 12.2. The van der Waals surface area contributed by atoms with Gasteiger partial charge in [0.15, 0.2) is 0 Å². The van der Waals surface area contributed by atoms with E-state index in [-0.39, 0.29) is 17.1 Å². The summed E-state index contributed by atoms with van der Waals surface area (Å²) < 4.78 is 1.38. The monoisotopic (exact) mass is 434 g/mol. The van der Waals surface area contributed by atoms with Crippen molar-refractivity contribution in [1.29, 1.82) is 0 Å². The van der Waals surface area contributed by atoms with Gasteiger partial charge in [0.1, 0.15) is 5.56 Å². The van der Waals surface area contributed by atoms with Crippen LogP contribution in [0.15, 0.2) is 53.5 Å². The molecule has 0 fully saturated rings. The number of aryl methyl sites for hydroxylation is 2. The van der Waals surface area contributed by atoms with Crippen molar-refractivity contribution in [3.05, 3.63) is 96.3 Å². The average Bonchev–Trinajstić information content (AvgIpc) is 2.64. The van der Waals surface area contributed by atoms with Crippen molar-refractivity contribution >= 4 is 46.4 Å². The van der Waals surface area contributed by atoms with Crippen molar-refractivity contribution in [2.75, 3.05) is 5.32 Å². The van der Waals surface area contributed by atoms with E-state index < -0.39 is 11.5 Å². The van der Waals surface area contributed by atoms with Gasteiger partial charge in [-0.25, -0.2) is 0 Å². The fraction of sp³-hybridized carbons (Fsp3) is 0.143. The van der Waals surface area contributed by atoms with Crippen molar-refractivity contribution in [2.24, 2.45) is 0 Å². The second-order valence-electron chi connectivity index (χ2n) is 6.47. The van der Waals surface area contributed by atoms with Crippen LogP contribution < -0.4 is 10.9 Å². The van der Waals surface area contributed by atoms with E-state index in [1.54, 1.807) is 18.2 Å². The Morgan fingerprint density at radius 2 is 1.68 bits per heavy atom. The quantitative estimate of drug-likeness (QED) is 0.569. The van der Waals surface area contributed by atoms with E-state index >= 15 is 0 Å². The molecule has 0 bridgehead atoms. The highest BCUT2D eigenvalue weighted by Crippen LogP contribution is 2.23. The first-order valence-electron chi connectivity index (χ1n) is 8.47. The molecule has 0 saturated carbocycles. The summed E-state index contributed by atoms with van der Waals surface area (Å²) in [7, 11) is 0. The highest BCUT2D eigenvalue weighted by atomic mass is 35.5. The molecule has 2 aromatic carbocycles. The molecule has 1 aromatic heterocycles. The predicted molar refractivity (Wildman–Crippen MR) is 115 cm³/mol. The van der Waals surface area contributed by atoms with E-state index in [2.05, 4.69) is 5.32 Å². The minimum absolute atomic E-state index is 0.0322. The lowest BCUT2D eigenvalue weighted by molar-refractivity contribution is 0.102. The van der Waals surface area contributed by atoms with Gasteiger partial charge in [0.2, 0.25) is 0 Å². The zero-order valence-electron chi connectivity index (χ0n) is 15.2. The molecule has 3 aromatic rings. The number of anilines is 1. The molecule has 0 saturated heterocycles. The molecule has 4 nitrogen and oxygen atoms in total. The Balaban J connectivity index is 1.95. The molecule has 7 heteroatoms. The maximum Gasteiger partial charge on any atom is 0.263 e. The molecule has 0 unspecified atom stereocenters. The molecule has 144 valence electrons. The summed E-state index contributed by atoms with van der Waals surface area (Å²) in [6.45, 7) is 3.99. The van der Waals surface area contributed by atoms with E-state index in [9.17, 15) is 9.59 Å². The number of carbonyl (C=O) groups excluding carboxylic acids is 1. The SMILES string of the molecule is Cc1cccc(C)c1NC(=O)c1cc(Cl)cn(Cc2ccc(Cl)c(Cl)c2)c1=O. The number of hydrogen-bond acceptors (Lipinski definition) is 2. The van der Waals surface area contributed by atoms with Crippen LogP contribution in [0.1, 0.15) is 27.0 Å². The molecular weight excluding hydrogens is 419 g/mol. The summed E-state index contributed by atoms with van der Waals surface area (Å²) in [5.41, 5.74) is 2.79. The summed E-state index contributed by atoms with van der Waals surface area (Å²) >= 11 is 18.1. The lowest BCUT2D eigenvalue weighted by Crippen LogP contribution is -2.29. The van der Waals surface area contributed by atoms with Crippen LogP contribution >= 0.6 is 34.8 Å². The first kappa shape index (κ1) is 20.5. The summed E-state index contributed by atoms with van der Waals surface area (Å²) in [5, 5.41) is 3.92. The van der Waals surface area contributed by atoms with Crippen LogP contribution in [0.3, 0.4) is 0 Å². The Kier molecular flexibility index (Phi) is 6.14. The molecule has 0 aliphatic rings. The first-order valence-corrected chi connectivity index (χ1v) is 9.61. The molecule has 1 amide bonds. The van der Waals surface area contributed by atoms with Crippen molar-refractivity contribution in [3.63, 3.8) is 0 Å². The third-order valence-corrected chi connectivity index (χ3v) is 5.30. The fourth-order valence-corrected chi connectivity index (χ4v) is 3.45. The van der Waals surface area contributed by atoms with E-state index in [0.717, 1.165) is 16.7 Å². The fourth-order valence-electron chi connectivity index (χ4n) is 2.91. The van der Waals surface area contributed by atoms with Gasteiger partial charge >= 0.3 is 0 Å². The van der Waals surface area contributed by atoms with Crippen LogP contribution in [0, 0.1) is 13.8 Å². The topological polar surface area (TPSA) is 51.1 Å². The van der Waals surface area contributed by atoms with Gasteiger partial charge in [-0.15, -0.1) is 0 Å². The normalized spacial score (nSPS) is 10.8. The van der Waals surface area contributed by atoms with Crippen LogP contribution in [-0.4, -0.2) is 10.5 Å². The summed E-state index contributed by atoms with van der Waals surface area (Å²) in [5.74, 6) is -0.507. The number of amides is 1. The smallest absolute Gasteiger partial charge is 0.263 e. The zero-order valence-corrected chi connectivity index (χ0v) is 17.5. The maximum absolute atomic E-state index is 12.9. The van der Waals surface area contributed by atoms with Crippen LogP contribution in [0.4, 0.5) is 5.69 Å². The number of rotatable bonds is 4. The van der Waals surface area contributed by atoms with E-state index in [1.165, 1.54) is 16.8 Å². The Hall–Kier alpha value is -2.27. The number of halogens is 3. The van der Waals surface area contributed by atoms with Crippen molar-refractivity contribution in [1.82, 2.24) is 4.57 Å². The van der Waals surface area contributed by atoms with Gasteiger partial charge in [0.05, 0.1) is 21.6 Å². The third kappa shape index (κ3) is 4.41. The van der Waals surface area contributed by atoms with Crippen LogP contribution in [-0.2, 0) is 6.54 Å². The second kappa shape index (κ2) is 8.39. The second-order valence-corrected chi connectivity index (χ2v) is 7.73. The van der Waals surface area contributed by atoms with E-state index in [4.69, 9.17) is 34.8 Å². The molecule has 3 rings (SSSR count). The molecule has 1 heterocycles. The standard InChI is InChI=1S/C21H17Cl3N2O2/c1-12-4-3-5-13(2)19(12)25-20(27)16-9-15(22)11-26(21(16)28)10-14-6-7-17(23)18(24)8-14/h3-9,11H,10H2,1-2H3,(H,25,27). The van der Waals surface area contributed by atoms with Crippen molar-refractivity contribution in [3.8, 4) is 0 Å². The molecular formula is C21H17Cl3N2O2. The van der Waals surface area contributed by atoms with Gasteiger partial charge in [-0.1, -0.05) is 59.1 Å². The zero-order chi connectivity index (χ0) is 20.4. The minimum Gasteiger partial charge on any atom is -0.321 e. The molecule has 0 spiro atoms. The predicted octanol–water partition coefficient (Wildman–Crippen LogP) is 5.73. The van der Waals surface area contributed by atoms with Crippen LogP contribution in [0.2, 0.25) is 15.1 Å². The maximum atomic E-state index is 12.9. The Morgan fingerprint density at radius 3 is 2.32 bits per heavy atom. The molecule has 28 heavy (non-hydrogen) atoms. The number of carbonyl (C=O) groups is 1. The van der Waals surface area contributed by atoms with Crippen molar-refractivity contribution < 1.29 is 4.79 Å².